The van der Waals surface area contributed by atoms with Gasteiger partial charge in [0.2, 0.25) is 0 Å². The van der Waals surface area contributed by atoms with Gasteiger partial charge in [-0.1, -0.05) is 6.92 Å². The van der Waals surface area contributed by atoms with Crippen molar-refractivity contribution < 1.29 is 13.9 Å². The van der Waals surface area contributed by atoms with E-state index in [1.54, 1.807) is 6.92 Å². The van der Waals surface area contributed by atoms with Gasteiger partial charge in [-0.05, 0) is 35.3 Å². The lowest BCUT2D eigenvalue weighted by molar-refractivity contribution is -0.127. The summed E-state index contributed by atoms with van der Waals surface area (Å²) in [6, 6.07) is 2.56. The normalized spacial score (nSPS) is 12.0. The zero-order chi connectivity index (χ0) is 13.7. The molecule has 4 nitrogen and oxygen atoms in total. The number of carbonyl (C=O) groups is 1. The molecule has 0 radical (unpaired) electrons. The van der Waals surface area contributed by atoms with Crippen molar-refractivity contribution in [2.75, 3.05) is 12.3 Å². The maximum absolute atomic E-state index is 13.3. The summed E-state index contributed by atoms with van der Waals surface area (Å²) in [6.45, 7) is 4.12. The Morgan fingerprint density at radius 2 is 2.28 bits per heavy atom. The minimum absolute atomic E-state index is 0.162. The van der Waals surface area contributed by atoms with E-state index in [2.05, 4.69) is 21.2 Å². The van der Waals surface area contributed by atoms with E-state index in [-0.39, 0.29) is 21.8 Å². The van der Waals surface area contributed by atoms with Crippen LogP contribution in [-0.4, -0.2) is 18.6 Å². The van der Waals surface area contributed by atoms with Gasteiger partial charge in [-0.3, -0.25) is 4.79 Å². The number of benzene rings is 1. The number of nitrogens with one attached hydrogen (secondary N) is 1. The lowest BCUT2D eigenvalue weighted by atomic mass is 10.3. The van der Waals surface area contributed by atoms with Crippen LogP contribution in [0.3, 0.4) is 0 Å². The third-order valence-corrected chi connectivity index (χ3v) is 2.88. The van der Waals surface area contributed by atoms with Gasteiger partial charge in [0.1, 0.15) is 11.6 Å². The van der Waals surface area contributed by atoms with Gasteiger partial charge >= 0.3 is 0 Å². The summed E-state index contributed by atoms with van der Waals surface area (Å²) >= 11 is 3.02. The van der Waals surface area contributed by atoms with E-state index in [0.717, 1.165) is 12.5 Å². The third-order valence-electron chi connectivity index (χ3n) is 2.27. The molecule has 1 unspecified atom stereocenters. The van der Waals surface area contributed by atoms with Gasteiger partial charge in [-0.25, -0.2) is 4.39 Å². The number of hydrogen-bond donors (Lipinski definition) is 2. The minimum atomic E-state index is -0.723. The van der Waals surface area contributed by atoms with Crippen molar-refractivity contribution in [3.8, 4) is 5.75 Å². The van der Waals surface area contributed by atoms with E-state index in [1.807, 2.05) is 6.92 Å². The van der Waals surface area contributed by atoms with Crippen LogP contribution in [0.2, 0.25) is 0 Å². The maximum Gasteiger partial charge on any atom is 0.260 e. The van der Waals surface area contributed by atoms with Crippen LogP contribution in [0, 0.1) is 5.82 Å². The van der Waals surface area contributed by atoms with Crippen LogP contribution >= 0.6 is 15.9 Å². The summed E-state index contributed by atoms with van der Waals surface area (Å²) in [5.41, 5.74) is 5.96. The van der Waals surface area contributed by atoms with Gasteiger partial charge in [-0.15, -0.1) is 0 Å². The zero-order valence-electron chi connectivity index (χ0n) is 10.3. The molecule has 0 aromatic heterocycles. The number of halogens is 2. The Morgan fingerprint density at radius 3 is 2.89 bits per heavy atom. The molecule has 1 aromatic rings. The third kappa shape index (κ3) is 3.87. The van der Waals surface area contributed by atoms with Crippen molar-refractivity contribution in [2.24, 2.45) is 0 Å². The number of hydrogen-bond acceptors (Lipinski definition) is 3. The minimum Gasteiger partial charge on any atom is -0.479 e. The Morgan fingerprint density at radius 1 is 1.61 bits per heavy atom. The fourth-order valence-corrected chi connectivity index (χ4v) is 1.64. The first-order chi connectivity index (χ1) is 8.45. The number of rotatable bonds is 5. The molecular formula is C12H16BrFN2O2. The van der Waals surface area contributed by atoms with Crippen molar-refractivity contribution in [1.29, 1.82) is 0 Å². The standard InChI is InChI=1S/C12H16BrFN2O2/c1-3-4-16-12(17)7(2)18-11-6-9(14)8(13)5-10(11)15/h5-7H,3-4,15H2,1-2H3,(H,16,17). The Balaban J connectivity index is 2.72. The summed E-state index contributed by atoms with van der Waals surface area (Å²) in [4.78, 5) is 11.6. The monoisotopic (exact) mass is 318 g/mol. The van der Waals surface area contributed by atoms with Crippen molar-refractivity contribution in [3.63, 3.8) is 0 Å². The molecule has 0 bridgehead atoms. The molecule has 0 spiro atoms. The first kappa shape index (κ1) is 14.8. The van der Waals surface area contributed by atoms with E-state index in [1.165, 1.54) is 6.07 Å². The summed E-state index contributed by atoms with van der Waals surface area (Å²) < 4.78 is 18.9. The molecule has 0 fully saturated rings. The average Bonchev–Trinajstić information content (AvgIpc) is 2.32. The molecule has 6 heteroatoms. The lowest BCUT2D eigenvalue weighted by Gasteiger charge is -2.16. The highest BCUT2D eigenvalue weighted by atomic mass is 79.9. The molecule has 0 saturated heterocycles. The summed E-state index contributed by atoms with van der Waals surface area (Å²) in [7, 11) is 0. The highest BCUT2D eigenvalue weighted by molar-refractivity contribution is 9.10. The van der Waals surface area contributed by atoms with Crippen LogP contribution in [-0.2, 0) is 4.79 Å². The lowest BCUT2D eigenvalue weighted by Crippen LogP contribution is -2.36. The molecule has 1 rings (SSSR count). The smallest absolute Gasteiger partial charge is 0.260 e. The van der Waals surface area contributed by atoms with Crippen LogP contribution in [0.15, 0.2) is 16.6 Å². The summed E-state index contributed by atoms with van der Waals surface area (Å²) in [5, 5.41) is 2.69. The summed E-state index contributed by atoms with van der Waals surface area (Å²) in [6.07, 6.45) is 0.118. The quantitative estimate of drug-likeness (QED) is 0.820. The molecule has 1 aromatic carbocycles. The van der Waals surface area contributed by atoms with Crippen molar-refractivity contribution in [1.82, 2.24) is 5.32 Å². The molecular weight excluding hydrogens is 303 g/mol. The van der Waals surface area contributed by atoms with Crippen LogP contribution in [0.25, 0.3) is 0 Å². The van der Waals surface area contributed by atoms with Crippen LogP contribution in [0.5, 0.6) is 5.75 Å². The highest BCUT2D eigenvalue weighted by Gasteiger charge is 2.16. The molecule has 0 saturated carbocycles. The Kier molecular flexibility index (Phi) is 5.40. The maximum atomic E-state index is 13.3. The van der Waals surface area contributed by atoms with E-state index in [9.17, 15) is 9.18 Å². The highest BCUT2D eigenvalue weighted by Crippen LogP contribution is 2.29. The van der Waals surface area contributed by atoms with Crippen molar-refractivity contribution in [3.05, 3.63) is 22.4 Å². The molecule has 0 aliphatic heterocycles. The number of anilines is 1. The molecule has 18 heavy (non-hydrogen) atoms. The average molecular weight is 319 g/mol. The van der Waals surface area contributed by atoms with Gasteiger partial charge < -0.3 is 15.8 Å². The predicted octanol–water partition coefficient (Wildman–Crippen LogP) is 2.46. The zero-order valence-corrected chi connectivity index (χ0v) is 11.9. The Bertz CT molecular complexity index is 440. The van der Waals surface area contributed by atoms with Gasteiger partial charge in [-0.2, -0.15) is 0 Å². The topological polar surface area (TPSA) is 64.3 Å². The van der Waals surface area contributed by atoms with Gasteiger partial charge in [0.15, 0.2) is 6.10 Å². The first-order valence-corrected chi connectivity index (χ1v) is 6.43. The largest absolute Gasteiger partial charge is 0.479 e. The number of nitrogen functional groups attached to an aromatic ring is 1. The second-order valence-electron chi connectivity index (χ2n) is 3.86. The van der Waals surface area contributed by atoms with Gasteiger partial charge in [0, 0.05) is 12.6 Å². The van der Waals surface area contributed by atoms with Crippen LogP contribution < -0.4 is 15.8 Å². The van der Waals surface area contributed by atoms with Crippen molar-refractivity contribution in [2.45, 2.75) is 26.4 Å². The fourth-order valence-electron chi connectivity index (χ4n) is 1.28. The fraction of sp³-hybridized carbons (Fsp3) is 0.417. The number of ether oxygens (including phenoxy) is 1. The van der Waals surface area contributed by atoms with Crippen LogP contribution in [0.1, 0.15) is 20.3 Å². The van der Waals surface area contributed by atoms with E-state index in [0.29, 0.717) is 6.54 Å². The number of carbonyl (C=O) groups excluding carboxylic acids is 1. The second kappa shape index (κ2) is 6.58. The Hall–Kier alpha value is -1.30. The second-order valence-corrected chi connectivity index (χ2v) is 4.71. The predicted molar refractivity (Wildman–Crippen MR) is 71.9 cm³/mol. The molecule has 0 aliphatic carbocycles. The van der Waals surface area contributed by atoms with E-state index in [4.69, 9.17) is 10.5 Å². The Labute approximate surface area is 114 Å². The molecule has 100 valence electrons. The molecule has 1 atom stereocenters. The summed E-state index contributed by atoms with van der Waals surface area (Å²) in [5.74, 6) is -0.574. The molecule has 0 aliphatic rings. The molecule has 3 N–H and O–H groups in total. The first-order valence-electron chi connectivity index (χ1n) is 5.64. The number of amides is 1. The van der Waals surface area contributed by atoms with Crippen LogP contribution in [0.4, 0.5) is 10.1 Å². The molecule has 1 amide bonds. The SMILES string of the molecule is CCCNC(=O)C(C)Oc1cc(F)c(Br)cc1N. The van der Waals surface area contributed by atoms with Crippen molar-refractivity contribution >= 4 is 27.5 Å². The van der Waals surface area contributed by atoms with E-state index >= 15 is 0 Å². The number of nitrogens with two attached hydrogens (primary N) is 1. The molecule has 0 heterocycles. The van der Waals surface area contributed by atoms with E-state index < -0.39 is 11.9 Å². The van der Waals surface area contributed by atoms with Gasteiger partial charge in [0.05, 0.1) is 10.2 Å². The van der Waals surface area contributed by atoms with Gasteiger partial charge in [0.25, 0.3) is 5.91 Å².